The van der Waals surface area contributed by atoms with E-state index in [1.54, 1.807) is 24.3 Å². The number of nitrogen functional groups attached to an aromatic ring is 1. The van der Waals surface area contributed by atoms with Gasteiger partial charge in [-0.3, -0.25) is 5.41 Å². The quantitative estimate of drug-likeness (QED) is 0.670. The molecule has 0 bridgehead atoms. The Balaban J connectivity index is 2.17. The Bertz CT molecular complexity index is 626. The highest BCUT2D eigenvalue weighted by Crippen LogP contribution is 2.24. The van der Waals surface area contributed by atoms with Crippen molar-refractivity contribution in [1.29, 1.82) is 5.41 Å². The minimum absolute atomic E-state index is 0.0530. The van der Waals surface area contributed by atoms with Gasteiger partial charge in [0.1, 0.15) is 11.7 Å². The maximum absolute atomic E-state index is 12.9. The molecule has 0 heterocycles. The van der Waals surface area contributed by atoms with Gasteiger partial charge in [0.05, 0.1) is 5.02 Å². The van der Waals surface area contributed by atoms with E-state index in [9.17, 15) is 4.39 Å². The van der Waals surface area contributed by atoms with Gasteiger partial charge in [0.2, 0.25) is 0 Å². The monoisotopic (exact) mass is 291 g/mol. The highest BCUT2D eigenvalue weighted by molar-refractivity contribution is 6.34. The third-order valence-electron chi connectivity index (χ3n) is 3.02. The van der Waals surface area contributed by atoms with E-state index in [0.29, 0.717) is 17.1 Å². The molecule has 3 nitrogen and oxygen atoms in total. The Morgan fingerprint density at radius 2 is 1.90 bits per heavy atom. The summed E-state index contributed by atoms with van der Waals surface area (Å²) in [6, 6.07) is 11.7. The molecule has 2 aromatic carbocycles. The van der Waals surface area contributed by atoms with Crippen molar-refractivity contribution < 1.29 is 4.39 Å². The van der Waals surface area contributed by atoms with Crippen LogP contribution in [-0.2, 0) is 6.54 Å². The summed E-state index contributed by atoms with van der Waals surface area (Å²) in [4.78, 5) is 1.99. The number of nitrogens with zero attached hydrogens (tertiary/aromatic N) is 1. The summed E-state index contributed by atoms with van der Waals surface area (Å²) in [5, 5.41) is 7.84. The Morgan fingerprint density at radius 3 is 2.45 bits per heavy atom. The van der Waals surface area contributed by atoms with Gasteiger partial charge >= 0.3 is 0 Å². The van der Waals surface area contributed by atoms with Gasteiger partial charge in [0, 0.05) is 24.8 Å². The molecular formula is C15H15ClFN3. The van der Waals surface area contributed by atoms with E-state index in [4.69, 9.17) is 22.7 Å². The van der Waals surface area contributed by atoms with Crippen molar-refractivity contribution in [2.24, 2.45) is 5.73 Å². The van der Waals surface area contributed by atoms with Crippen LogP contribution in [0.4, 0.5) is 10.1 Å². The third-order valence-corrected chi connectivity index (χ3v) is 3.33. The molecule has 3 N–H and O–H groups in total. The van der Waals surface area contributed by atoms with Crippen molar-refractivity contribution in [2.75, 3.05) is 11.9 Å². The fourth-order valence-corrected chi connectivity index (χ4v) is 2.19. The van der Waals surface area contributed by atoms with Crippen molar-refractivity contribution >= 4 is 23.1 Å². The average Bonchev–Trinajstić information content (AvgIpc) is 2.40. The highest BCUT2D eigenvalue weighted by atomic mass is 35.5. The molecule has 104 valence electrons. The standard InChI is InChI=1S/C15H15ClFN3/c1-20(9-10-2-4-11(17)5-3-10)12-6-7-13(15(18)19)14(16)8-12/h2-8H,9H2,1H3,(H3,18,19). The van der Waals surface area contributed by atoms with Crippen molar-refractivity contribution in [3.63, 3.8) is 0 Å². The zero-order valence-corrected chi connectivity index (χ0v) is 11.8. The van der Waals surface area contributed by atoms with Gasteiger partial charge in [-0.1, -0.05) is 23.7 Å². The summed E-state index contributed by atoms with van der Waals surface area (Å²) in [5.74, 6) is -0.298. The van der Waals surface area contributed by atoms with Gasteiger partial charge in [-0.25, -0.2) is 4.39 Å². The molecule has 0 amide bonds. The average molecular weight is 292 g/mol. The van der Waals surface area contributed by atoms with Crippen LogP contribution in [0.3, 0.4) is 0 Å². The molecule has 0 aliphatic rings. The molecular weight excluding hydrogens is 277 g/mol. The van der Waals surface area contributed by atoms with Crippen LogP contribution in [0.25, 0.3) is 0 Å². The number of amidine groups is 1. The first kappa shape index (κ1) is 14.3. The molecule has 2 aromatic rings. The first-order chi connectivity index (χ1) is 9.47. The van der Waals surface area contributed by atoms with Crippen LogP contribution in [0.2, 0.25) is 5.02 Å². The van der Waals surface area contributed by atoms with Crippen molar-refractivity contribution in [3.8, 4) is 0 Å². The Morgan fingerprint density at radius 1 is 1.25 bits per heavy atom. The SMILES string of the molecule is CN(Cc1ccc(F)cc1)c1ccc(C(=N)N)c(Cl)c1. The molecule has 0 aliphatic carbocycles. The third kappa shape index (κ3) is 3.27. The van der Waals surface area contributed by atoms with E-state index >= 15 is 0 Å². The summed E-state index contributed by atoms with van der Waals surface area (Å²) < 4.78 is 12.9. The number of benzene rings is 2. The molecule has 0 saturated carbocycles. The number of hydrogen-bond donors (Lipinski definition) is 2. The fourth-order valence-electron chi connectivity index (χ4n) is 1.91. The van der Waals surface area contributed by atoms with Gasteiger partial charge in [-0.2, -0.15) is 0 Å². The fraction of sp³-hybridized carbons (Fsp3) is 0.133. The Hall–Kier alpha value is -2.07. The summed E-state index contributed by atoms with van der Waals surface area (Å²) >= 11 is 6.10. The predicted molar refractivity (Wildman–Crippen MR) is 81.0 cm³/mol. The first-order valence-corrected chi connectivity index (χ1v) is 6.44. The lowest BCUT2D eigenvalue weighted by Crippen LogP contribution is -2.17. The number of anilines is 1. The molecule has 20 heavy (non-hydrogen) atoms. The minimum Gasteiger partial charge on any atom is -0.384 e. The van der Waals surface area contributed by atoms with Crippen LogP contribution in [-0.4, -0.2) is 12.9 Å². The van der Waals surface area contributed by atoms with Gasteiger partial charge < -0.3 is 10.6 Å². The van der Waals surface area contributed by atoms with Crippen molar-refractivity contribution in [1.82, 2.24) is 0 Å². The van der Waals surface area contributed by atoms with Gasteiger partial charge in [-0.15, -0.1) is 0 Å². The second-order valence-electron chi connectivity index (χ2n) is 4.56. The van der Waals surface area contributed by atoms with E-state index in [1.165, 1.54) is 12.1 Å². The molecule has 0 aromatic heterocycles. The summed E-state index contributed by atoms with van der Waals surface area (Å²) in [6.45, 7) is 0.635. The maximum atomic E-state index is 12.9. The molecule has 0 spiro atoms. The second kappa shape index (κ2) is 5.92. The first-order valence-electron chi connectivity index (χ1n) is 6.07. The lowest BCUT2D eigenvalue weighted by Gasteiger charge is -2.20. The van der Waals surface area contributed by atoms with Crippen LogP contribution in [0.5, 0.6) is 0 Å². The lowest BCUT2D eigenvalue weighted by atomic mass is 10.1. The Kier molecular flexibility index (Phi) is 4.25. The van der Waals surface area contributed by atoms with E-state index in [0.717, 1.165) is 11.3 Å². The van der Waals surface area contributed by atoms with E-state index < -0.39 is 0 Å². The van der Waals surface area contributed by atoms with Crippen LogP contribution in [0.15, 0.2) is 42.5 Å². The maximum Gasteiger partial charge on any atom is 0.124 e. The lowest BCUT2D eigenvalue weighted by molar-refractivity contribution is 0.627. The van der Waals surface area contributed by atoms with Crippen molar-refractivity contribution in [3.05, 3.63) is 64.4 Å². The van der Waals surface area contributed by atoms with Crippen LogP contribution < -0.4 is 10.6 Å². The summed E-state index contributed by atoms with van der Waals surface area (Å²) in [6.07, 6.45) is 0. The smallest absolute Gasteiger partial charge is 0.124 e. The van der Waals surface area contributed by atoms with Gasteiger partial charge in [0.15, 0.2) is 0 Å². The number of rotatable bonds is 4. The predicted octanol–water partition coefficient (Wildman–Crippen LogP) is 3.40. The molecule has 0 atom stereocenters. The number of hydrogen-bond acceptors (Lipinski definition) is 2. The molecule has 0 saturated heterocycles. The zero-order chi connectivity index (χ0) is 14.7. The number of halogens is 2. The summed E-state index contributed by atoms with van der Waals surface area (Å²) in [7, 11) is 1.92. The van der Waals surface area contributed by atoms with E-state index in [1.807, 2.05) is 18.0 Å². The Labute approximate surface area is 122 Å². The molecule has 0 fully saturated rings. The second-order valence-corrected chi connectivity index (χ2v) is 4.97. The van der Waals surface area contributed by atoms with Gasteiger partial charge in [0.25, 0.3) is 0 Å². The zero-order valence-electron chi connectivity index (χ0n) is 11.0. The largest absolute Gasteiger partial charge is 0.384 e. The number of nitrogens with one attached hydrogen (secondary N) is 1. The highest BCUT2D eigenvalue weighted by Gasteiger charge is 2.08. The van der Waals surface area contributed by atoms with Crippen LogP contribution in [0.1, 0.15) is 11.1 Å². The summed E-state index contributed by atoms with van der Waals surface area (Å²) in [5.41, 5.74) is 7.85. The normalized spacial score (nSPS) is 10.3. The molecule has 2 rings (SSSR count). The minimum atomic E-state index is -0.245. The molecule has 0 unspecified atom stereocenters. The topological polar surface area (TPSA) is 53.1 Å². The van der Waals surface area contributed by atoms with E-state index in [-0.39, 0.29) is 11.7 Å². The van der Waals surface area contributed by atoms with Crippen LogP contribution >= 0.6 is 11.6 Å². The molecule has 5 heteroatoms. The molecule has 0 aliphatic heterocycles. The number of nitrogens with two attached hydrogens (primary N) is 1. The van der Waals surface area contributed by atoms with Crippen LogP contribution in [0, 0.1) is 11.2 Å². The van der Waals surface area contributed by atoms with Gasteiger partial charge in [-0.05, 0) is 35.9 Å². The van der Waals surface area contributed by atoms with E-state index in [2.05, 4.69) is 0 Å². The molecule has 0 radical (unpaired) electrons. The van der Waals surface area contributed by atoms with Crippen molar-refractivity contribution in [2.45, 2.75) is 6.54 Å².